The lowest BCUT2D eigenvalue weighted by atomic mass is 9.98. The minimum atomic E-state index is -0.0719. The Balaban J connectivity index is 2.43. The molecule has 0 heterocycles. The van der Waals surface area contributed by atoms with Crippen molar-refractivity contribution in [2.45, 2.75) is 31.1 Å². The number of hydrogen-bond acceptors (Lipinski definition) is 0. The summed E-state index contributed by atoms with van der Waals surface area (Å²) in [6, 6.07) is 5.29. The van der Waals surface area contributed by atoms with Gasteiger partial charge in [0.05, 0.1) is 0 Å². The van der Waals surface area contributed by atoms with E-state index >= 15 is 0 Å². The number of fused-ring (bicyclic) bond motifs is 1. The van der Waals surface area contributed by atoms with Gasteiger partial charge in [-0.15, -0.1) is 11.6 Å². The van der Waals surface area contributed by atoms with E-state index in [2.05, 4.69) is 0 Å². The van der Waals surface area contributed by atoms with Crippen LogP contribution in [0.3, 0.4) is 0 Å². The van der Waals surface area contributed by atoms with E-state index in [-0.39, 0.29) is 11.2 Å². The minimum absolute atomic E-state index is 0.0719. The predicted octanol–water partition coefficient (Wildman–Crippen LogP) is 3.48. The Labute approximate surface area is 82.7 Å². The van der Waals surface area contributed by atoms with Gasteiger partial charge in [0.2, 0.25) is 0 Å². The van der Waals surface area contributed by atoms with Crippen LogP contribution < -0.4 is 0 Å². The van der Waals surface area contributed by atoms with E-state index in [4.69, 9.17) is 11.6 Å². The van der Waals surface area contributed by atoms with Crippen molar-refractivity contribution in [2.24, 2.45) is 0 Å². The van der Waals surface area contributed by atoms with Crippen molar-refractivity contribution in [1.82, 2.24) is 0 Å². The second-order valence-corrected chi connectivity index (χ2v) is 4.32. The zero-order chi connectivity index (χ0) is 9.42. The molecule has 2 unspecified atom stereocenters. The van der Waals surface area contributed by atoms with Gasteiger partial charge < -0.3 is 0 Å². The molecule has 1 aromatic rings. The van der Waals surface area contributed by atoms with E-state index < -0.39 is 0 Å². The van der Waals surface area contributed by atoms with Gasteiger partial charge in [0.15, 0.2) is 0 Å². The predicted molar refractivity (Wildman–Crippen MR) is 52.8 cm³/mol. The quantitative estimate of drug-likeness (QED) is 0.606. The first-order chi connectivity index (χ1) is 6.20. The topological polar surface area (TPSA) is 0 Å². The molecule has 0 amide bonds. The molecule has 0 saturated carbocycles. The summed E-state index contributed by atoms with van der Waals surface area (Å²) in [5, 5.41) is 0.100. The van der Waals surface area contributed by atoms with Crippen LogP contribution in [-0.4, -0.2) is 5.38 Å². The average molecular weight is 199 g/mol. The molecule has 0 aromatic heterocycles. The number of alkyl halides is 1. The molecule has 13 heavy (non-hydrogen) atoms. The lowest BCUT2D eigenvalue weighted by molar-refractivity contribution is 0.612. The summed E-state index contributed by atoms with van der Waals surface area (Å²) in [4.78, 5) is 0. The van der Waals surface area contributed by atoms with Crippen molar-refractivity contribution in [3.8, 4) is 0 Å². The molecule has 70 valence electrons. The van der Waals surface area contributed by atoms with Crippen molar-refractivity contribution >= 4 is 11.6 Å². The molecule has 0 spiro atoms. The van der Waals surface area contributed by atoms with Crippen molar-refractivity contribution in [3.05, 3.63) is 35.1 Å². The Hall–Kier alpha value is -0.560. The van der Waals surface area contributed by atoms with Gasteiger partial charge in [0, 0.05) is 11.3 Å². The van der Waals surface area contributed by atoms with Crippen LogP contribution in [0.25, 0.3) is 0 Å². The number of rotatable bonds is 1. The Bertz CT molecular complexity index is 320. The van der Waals surface area contributed by atoms with Crippen LogP contribution in [0.2, 0.25) is 0 Å². The highest BCUT2D eigenvalue weighted by Gasteiger charge is 2.27. The van der Waals surface area contributed by atoms with E-state index in [1.165, 1.54) is 6.07 Å². The Morgan fingerprint density at radius 2 is 2.31 bits per heavy atom. The van der Waals surface area contributed by atoms with Crippen LogP contribution in [0.5, 0.6) is 0 Å². The normalized spacial score (nSPS) is 22.8. The first kappa shape index (κ1) is 9.01. The van der Waals surface area contributed by atoms with Crippen molar-refractivity contribution in [2.75, 3.05) is 0 Å². The van der Waals surface area contributed by atoms with Gasteiger partial charge in [-0.2, -0.15) is 0 Å². The number of halogens is 2. The molecule has 0 N–H and O–H groups in total. The van der Waals surface area contributed by atoms with Gasteiger partial charge in [-0.05, 0) is 37.0 Å². The molecule has 0 saturated heterocycles. The summed E-state index contributed by atoms with van der Waals surface area (Å²) in [6.45, 7) is 1.98. The van der Waals surface area contributed by atoms with Gasteiger partial charge in [-0.1, -0.05) is 12.1 Å². The summed E-state index contributed by atoms with van der Waals surface area (Å²) in [7, 11) is 0. The molecule has 1 aliphatic carbocycles. The fourth-order valence-corrected chi connectivity index (χ4v) is 2.38. The maximum Gasteiger partial charge on any atom is 0.126 e. The third kappa shape index (κ3) is 1.46. The molecular formula is C11H12ClF. The van der Waals surface area contributed by atoms with Crippen LogP contribution in [0.1, 0.15) is 30.4 Å². The monoisotopic (exact) mass is 198 g/mol. The average Bonchev–Trinajstić information content (AvgIpc) is 2.48. The van der Waals surface area contributed by atoms with Gasteiger partial charge in [-0.3, -0.25) is 0 Å². The standard InChI is InChI=1S/C11H12ClF/c1-7(12)8-5-6-10-9(8)3-2-4-11(10)13/h2-4,7-8H,5-6H2,1H3. The zero-order valence-corrected chi connectivity index (χ0v) is 8.31. The van der Waals surface area contributed by atoms with Gasteiger partial charge in [0.25, 0.3) is 0 Å². The molecule has 1 aliphatic rings. The summed E-state index contributed by atoms with van der Waals surface area (Å²) >= 11 is 6.04. The minimum Gasteiger partial charge on any atom is -0.207 e. The largest absolute Gasteiger partial charge is 0.207 e. The van der Waals surface area contributed by atoms with E-state index in [1.807, 2.05) is 13.0 Å². The van der Waals surface area contributed by atoms with Crippen LogP contribution in [0, 0.1) is 5.82 Å². The molecule has 0 bridgehead atoms. The van der Waals surface area contributed by atoms with E-state index in [1.54, 1.807) is 6.07 Å². The molecule has 0 fully saturated rings. The van der Waals surface area contributed by atoms with Crippen molar-refractivity contribution < 1.29 is 4.39 Å². The van der Waals surface area contributed by atoms with Crippen LogP contribution in [0.4, 0.5) is 4.39 Å². The van der Waals surface area contributed by atoms with Gasteiger partial charge in [-0.25, -0.2) is 4.39 Å². The van der Waals surface area contributed by atoms with E-state index in [9.17, 15) is 4.39 Å². The second kappa shape index (κ2) is 3.30. The Kier molecular flexibility index (Phi) is 2.29. The number of benzene rings is 1. The fraction of sp³-hybridized carbons (Fsp3) is 0.455. The fourth-order valence-electron chi connectivity index (χ4n) is 2.12. The summed E-state index contributed by atoms with van der Waals surface area (Å²) in [5.74, 6) is 0.268. The van der Waals surface area contributed by atoms with Gasteiger partial charge in [0.1, 0.15) is 5.82 Å². The molecule has 0 aliphatic heterocycles. The third-order valence-corrected chi connectivity index (χ3v) is 3.12. The lowest BCUT2D eigenvalue weighted by Crippen LogP contribution is -2.05. The first-order valence-corrected chi connectivity index (χ1v) is 5.05. The lowest BCUT2D eigenvalue weighted by Gasteiger charge is -2.13. The van der Waals surface area contributed by atoms with Crippen LogP contribution in [-0.2, 0) is 6.42 Å². The highest BCUT2D eigenvalue weighted by molar-refractivity contribution is 6.20. The highest BCUT2D eigenvalue weighted by atomic mass is 35.5. The molecule has 1 aromatic carbocycles. The molecule has 0 nitrogen and oxygen atoms in total. The molecular weight excluding hydrogens is 187 g/mol. The second-order valence-electron chi connectivity index (χ2n) is 3.63. The van der Waals surface area contributed by atoms with Crippen LogP contribution >= 0.6 is 11.6 Å². The highest BCUT2D eigenvalue weighted by Crippen LogP contribution is 2.38. The third-order valence-electron chi connectivity index (χ3n) is 2.81. The molecule has 2 heteroatoms. The molecule has 2 rings (SSSR count). The maximum absolute atomic E-state index is 13.3. The van der Waals surface area contributed by atoms with Gasteiger partial charge >= 0.3 is 0 Å². The SMILES string of the molecule is CC(Cl)C1CCc2c(F)cccc21. The van der Waals surface area contributed by atoms with Crippen molar-refractivity contribution in [3.63, 3.8) is 0 Å². The molecule has 0 radical (unpaired) electrons. The maximum atomic E-state index is 13.3. The Morgan fingerprint density at radius 1 is 1.54 bits per heavy atom. The van der Waals surface area contributed by atoms with Crippen LogP contribution in [0.15, 0.2) is 18.2 Å². The smallest absolute Gasteiger partial charge is 0.126 e. The molecule has 2 atom stereocenters. The van der Waals surface area contributed by atoms with Crippen molar-refractivity contribution in [1.29, 1.82) is 0 Å². The van der Waals surface area contributed by atoms with E-state index in [0.717, 1.165) is 24.0 Å². The summed E-state index contributed by atoms with van der Waals surface area (Å²) in [5.41, 5.74) is 1.99. The number of hydrogen-bond donors (Lipinski definition) is 0. The summed E-state index contributed by atoms with van der Waals surface area (Å²) in [6.07, 6.45) is 1.82. The summed E-state index contributed by atoms with van der Waals surface area (Å²) < 4.78 is 13.3. The van der Waals surface area contributed by atoms with E-state index in [0.29, 0.717) is 5.92 Å². The first-order valence-electron chi connectivity index (χ1n) is 4.61. The zero-order valence-electron chi connectivity index (χ0n) is 7.56. The Morgan fingerprint density at radius 3 is 3.00 bits per heavy atom.